The van der Waals surface area contributed by atoms with Gasteiger partial charge in [-0.3, -0.25) is 0 Å². The molecular weight excluding hydrogens is 383 g/mol. The van der Waals surface area contributed by atoms with Crippen LogP contribution >= 0.6 is 34.5 Å². The largest absolute Gasteiger partial charge is 0.235 e. The van der Waals surface area contributed by atoms with E-state index in [4.69, 9.17) is 23.2 Å². The average molecular weight is 399 g/mol. The molecule has 3 aromatic rings. The van der Waals surface area contributed by atoms with Crippen LogP contribution in [0.3, 0.4) is 0 Å². The fraction of sp³-hybridized carbons (Fsp3) is 0.143. The molecule has 0 saturated carbocycles. The van der Waals surface area contributed by atoms with Crippen molar-refractivity contribution in [1.29, 1.82) is 5.26 Å². The topological polar surface area (TPSA) is 36.7 Å². The highest BCUT2D eigenvalue weighted by Gasteiger charge is 2.10. The Morgan fingerprint density at radius 2 is 1.85 bits per heavy atom. The molecule has 26 heavy (non-hydrogen) atoms. The van der Waals surface area contributed by atoms with Crippen molar-refractivity contribution >= 4 is 46.2 Å². The molecule has 0 spiro atoms. The number of allylic oxidation sites excluding steroid dienone is 1. The van der Waals surface area contributed by atoms with E-state index in [0.717, 1.165) is 16.8 Å². The zero-order valence-corrected chi connectivity index (χ0v) is 16.7. The molecule has 0 aliphatic heterocycles. The molecule has 3 rings (SSSR count). The van der Waals surface area contributed by atoms with Crippen molar-refractivity contribution in [1.82, 2.24) is 4.98 Å². The van der Waals surface area contributed by atoms with Gasteiger partial charge >= 0.3 is 0 Å². The average Bonchev–Trinajstić information content (AvgIpc) is 3.12. The van der Waals surface area contributed by atoms with Crippen molar-refractivity contribution in [2.75, 3.05) is 0 Å². The van der Waals surface area contributed by atoms with Gasteiger partial charge in [-0.25, -0.2) is 4.98 Å². The highest BCUT2D eigenvalue weighted by molar-refractivity contribution is 7.11. The van der Waals surface area contributed by atoms with E-state index in [1.54, 1.807) is 12.1 Å². The molecule has 0 aliphatic carbocycles. The van der Waals surface area contributed by atoms with Crippen LogP contribution in [0.5, 0.6) is 0 Å². The van der Waals surface area contributed by atoms with E-state index in [1.807, 2.05) is 29.7 Å². The van der Waals surface area contributed by atoms with Gasteiger partial charge in [-0.05, 0) is 35.3 Å². The fourth-order valence-electron chi connectivity index (χ4n) is 2.47. The first-order chi connectivity index (χ1) is 12.5. The Balaban J connectivity index is 1.90. The van der Waals surface area contributed by atoms with E-state index in [0.29, 0.717) is 26.5 Å². The number of nitriles is 1. The molecule has 0 unspecified atom stereocenters. The third-order valence-electron chi connectivity index (χ3n) is 3.98. The number of hydrogen-bond donors (Lipinski definition) is 0. The monoisotopic (exact) mass is 398 g/mol. The quantitative estimate of drug-likeness (QED) is 0.432. The molecule has 0 atom stereocenters. The predicted molar refractivity (Wildman–Crippen MR) is 112 cm³/mol. The smallest absolute Gasteiger partial charge is 0.134 e. The summed E-state index contributed by atoms with van der Waals surface area (Å²) in [7, 11) is 0. The van der Waals surface area contributed by atoms with Crippen LogP contribution in [0.1, 0.15) is 35.9 Å². The summed E-state index contributed by atoms with van der Waals surface area (Å²) in [6.07, 6.45) is 1.86. The van der Waals surface area contributed by atoms with Crippen LogP contribution in [-0.2, 0) is 0 Å². The van der Waals surface area contributed by atoms with Gasteiger partial charge in [-0.15, -0.1) is 11.3 Å². The summed E-state index contributed by atoms with van der Waals surface area (Å²) < 4.78 is 0. The van der Waals surface area contributed by atoms with Gasteiger partial charge in [0, 0.05) is 10.9 Å². The van der Waals surface area contributed by atoms with Gasteiger partial charge in [-0.2, -0.15) is 5.26 Å². The summed E-state index contributed by atoms with van der Waals surface area (Å²) in [6.45, 7) is 4.32. The lowest BCUT2D eigenvalue weighted by atomic mass is 10.0. The third kappa shape index (κ3) is 4.16. The Hall–Kier alpha value is -2.12. The lowest BCUT2D eigenvalue weighted by molar-refractivity contribution is 0.866. The molecule has 130 valence electrons. The predicted octanol–water partition coefficient (Wildman–Crippen LogP) is 7.30. The molecule has 2 aromatic carbocycles. The van der Waals surface area contributed by atoms with Crippen molar-refractivity contribution in [3.63, 3.8) is 0 Å². The standard InChI is InChI=1S/C21H16Cl2N2S/c1-13(2)15-5-3-14(4-6-15)9-17(11-24)21-25-20(12-26-21)16-7-8-18(22)19(23)10-16/h3-10,12-13H,1-2H3/b17-9+. The lowest BCUT2D eigenvalue weighted by Crippen LogP contribution is -1.87. The van der Waals surface area contributed by atoms with Crippen molar-refractivity contribution < 1.29 is 0 Å². The van der Waals surface area contributed by atoms with Gasteiger partial charge in [-0.1, -0.05) is 67.4 Å². The Bertz CT molecular complexity index is 996. The van der Waals surface area contributed by atoms with Gasteiger partial charge in [0.25, 0.3) is 0 Å². The van der Waals surface area contributed by atoms with Gasteiger partial charge in [0.05, 0.1) is 21.3 Å². The summed E-state index contributed by atoms with van der Waals surface area (Å²) in [4.78, 5) is 4.59. The van der Waals surface area contributed by atoms with Gasteiger partial charge in [0.15, 0.2) is 0 Å². The van der Waals surface area contributed by atoms with E-state index < -0.39 is 0 Å². The third-order valence-corrected chi connectivity index (χ3v) is 5.60. The second kappa shape index (κ2) is 8.05. The van der Waals surface area contributed by atoms with Crippen molar-refractivity contribution in [3.8, 4) is 17.3 Å². The number of nitrogens with zero attached hydrogens (tertiary/aromatic N) is 2. The maximum atomic E-state index is 9.55. The zero-order chi connectivity index (χ0) is 18.7. The maximum Gasteiger partial charge on any atom is 0.134 e. The molecule has 0 aliphatic rings. The lowest BCUT2D eigenvalue weighted by Gasteiger charge is -2.04. The van der Waals surface area contributed by atoms with Crippen LogP contribution in [-0.4, -0.2) is 4.98 Å². The van der Waals surface area contributed by atoms with E-state index in [9.17, 15) is 5.26 Å². The zero-order valence-electron chi connectivity index (χ0n) is 14.3. The first kappa shape index (κ1) is 18.7. The highest BCUT2D eigenvalue weighted by Crippen LogP contribution is 2.31. The van der Waals surface area contributed by atoms with Crippen LogP contribution < -0.4 is 0 Å². The second-order valence-electron chi connectivity index (χ2n) is 6.16. The number of aromatic nitrogens is 1. The van der Waals surface area contributed by atoms with Crippen LogP contribution in [0.2, 0.25) is 10.0 Å². The van der Waals surface area contributed by atoms with Crippen molar-refractivity contribution in [3.05, 3.63) is 74.0 Å². The fourth-order valence-corrected chi connectivity index (χ4v) is 3.56. The summed E-state index contributed by atoms with van der Waals surface area (Å²) in [5.41, 5.74) is 4.45. The molecule has 1 heterocycles. The molecule has 2 nitrogen and oxygen atoms in total. The first-order valence-corrected chi connectivity index (χ1v) is 9.74. The maximum absolute atomic E-state index is 9.55. The molecule has 5 heteroatoms. The number of rotatable bonds is 4. The molecular formula is C21H16Cl2N2S. The number of thiazole rings is 1. The molecule has 0 fully saturated rings. The summed E-state index contributed by atoms with van der Waals surface area (Å²) in [6, 6.07) is 15.9. The Morgan fingerprint density at radius 3 is 2.46 bits per heavy atom. The minimum atomic E-state index is 0.483. The molecule has 0 amide bonds. The number of benzene rings is 2. The van der Waals surface area contributed by atoms with Gasteiger partial charge < -0.3 is 0 Å². The van der Waals surface area contributed by atoms with E-state index in [2.05, 4.69) is 37.0 Å². The van der Waals surface area contributed by atoms with Gasteiger partial charge in [0.2, 0.25) is 0 Å². The Kier molecular flexibility index (Phi) is 5.78. The van der Waals surface area contributed by atoms with Crippen molar-refractivity contribution in [2.24, 2.45) is 0 Å². The minimum Gasteiger partial charge on any atom is -0.235 e. The number of halogens is 2. The Labute approximate surface area is 167 Å². The summed E-state index contributed by atoms with van der Waals surface area (Å²) >= 11 is 13.5. The Morgan fingerprint density at radius 1 is 1.12 bits per heavy atom. The van der Waals surface area contributed by atoms with E-state index in [1.165, 1.54) is 16.9 Å². The van der Waals surface area contributed by atoms with Crippen LogP contribution in [0.25, 0.3) is 22.9 Å². The molecule has 1 aromatic heterocycles. The van der Waals surface area contributed by atoms with Crippen LogP contribution in [0, 0.1) is 11.3 Å². The van der Waals surface area contributed by atoms with E-state index >= 15 is 0 Å². The van der Waals surface area contributed by atoms with E-state index in [-0.39, 0.29) is 0 Å². The molecule has 0 radical (unpaired) electrons. The highest BCUT2D eigenvalue weighted by atomic mass is 35.5. The normalized spacial score (nSPS) is 11.6. The van der Waals surface area contributed by atoms with Gasteiger partial charge in [0.1, 0.15) is 11.1 Å². The SMILES string of the molecule is CC(C)c1ccc(/C=C(\C#N)c2nc(-c3ccc(Cl)c(Cl)c3)cs2)cc1. The van der Waals surface area contributed by atoms with Crippen LogP contribution in [0.15, 0.2) is 47.8 Å². The molecule has 0 N–H and O–H groups in total. The molecule has 0 bridgehead atoms. The number of hydrogen-bond acceptors (Lipinski definition) is 3. The summed E-state index contributed by atoms with van der Waals surface area (Å²) in [5.74, 6) is 0.483. The first-order valence-electron chi connectivity index (χ1n) is 8.11. The van der Waals surface area contributed by atoms with Crippen LogP contribution in [0.4, 0.5) is 0 Å². The van der Waals surface area contributed by atoms with Crippen molar-refractivity contribution in [2.45, 2.75) is 19.8 Å². The summed E-state index contributed by atoms with van der Waals surface area (Å²) in [5, 5.41) is 13.1. The minimum absolute atomic E-state index is 0.483. The second-order valence-corrected chi connectivity index (χ2v) is 7.83. The molecule has 0 saturated heterocycles.